The molecule has 4 nitrogen and oxygen atoms in total. The lowest BCUT2D eigenvalue weighted by Crippen LogP contribution is -2.48. The summed E-state index contributed by atoms with van der Waals surface area (Å²) in [5.74, 6) is -0.00625. The van der Waals surface area contributed by atoms with Gasteiger partial charge in [0.2, 0.25) is 0 Å². The van der Waals surface area contributed by atoms with Crippen LogP contribution in [0.5, 0.6) is 0 Å². The largest absolute Gasteiger partial charge is 0.373 e. The molecule has 3 rings (SSSR count). The molecular weight excluding hydrogens is 307 g/mol. The van der Waals surface area contributed by atoms with E-state index in [0.717, 1.165) is 32.5 Å². The fourth-order valence-corrected chi connectivity index (χ4v) is 3.92. The zero-order chi connectivity index (χ0) is 17.1. The van der Waals surface area contributed by atoms with E-state index < -0.39 is 5.82 Å². The lowest BCUT2D eigenvalue weighted by atomic mass is 9.95. The van der Waals surface area contributed by atoms with E-state index in [4.69, 9.17) is 4.74 Å². The summed E-state index contributed by atoms with van der Waals surface area (Å²) < 4.78 is 19.6. The Bertz CT molecular complexity index is 562. The van der Waals surface area contributed by atoms with Crippen molar-refractivity contribution in [2.24, 2.45) is 5.92 Å². The Morgan fingerprint density at radius 2 is 1.79 bits per heavy atom. The maximum absolute atomic E-state index is 13.8. The first-order valence-corrected chi connectivity index (χ1v) is 8.94. The van der Waals surface area contributed by atoms with E-state index in [1.165, 1.54) is 6.07 Å². The van der Waals surface area contributed by atoms with Crippen LogP contribution >= 0.6 is 0 Å². The van der Waals surface area contributed by atoms with Crippen molar-refractivity contribution >= 4 is 5.91 Å². The summed E-state index contributed by atoms with van der Waals surface area (Å²) in [6.45, 7) is 8.72. The Balaban J connectivity index is 1.51. The van der Waals surface area contributed by atoms with Gasteiger partial charge in [-0.25, -0.2) is 4.39 Å². The van der Waals surface area contributed by atoms with E-state index in [0.29, 0.717) is 19.0 Å². The predicted octanol–water partition coefficient (Wildman–Crippen LogP) is 2.79. The molecule has 1 amide bonds. The van der Waals surface area contributed by atoms with E-state index in [1.54, 1.807) is 23.1 Å². The van der Waals surface area contributed by atoms with Gasteiger partial charge in [-0.15, -0.1) is 0 Å². The first-order chi connectivity index (χ1) is 11.5. The van der Waals surface area contributed by atoms with Crippen molar-refractivity contribution in [1.29, 1.82) is 0 Å². The highest BCUT2D eigenvalue weighted by molar-refractivity contribution is 5.94. The second-order valence-corrected chi connectivity index (χ2v) is 7.19. The molecule has 0 aromatic heterocycles. The van der Waals surface area contributed by atoms with Crippen molar-refractivity contribution in [1.82, 2.24) is 9.80 Å². The van der Waals surface area contributed by atoms with Crippen molar-refractivity contribution in [2.45, 2.75) is 38.9 Å². The van der Waals surface area contributed by atoms with Crippen molar-refractivity contribution in [3.05, 3.63) is 35.6 Å². The average molecular weight is 334 g/mol. The van der Waals surface area contributed by atoms with Crippen LogP contribution in [0.3, 0.4) is 0 Å². The van der Waals surface area contributed by atoms with Crippen molar-refractivity contribution in [2.75, 3.05) is 32.7 Å². The van der Waals surface area contributed by atoms with E-state index in [2.05, 4.69) is 18.7 Å². The highest BCUT2D eigenvalue weighted by Crippen LogP contribution is 2.22. The number of likely N-dealkylation sites (tertiary alicyclic amines) is 1. The number of rotatable bonds is 3. The molecule has 2 unspecified atom stereocenters. The second kappa shape index (κ2) is 7.62. The van der Waals surface area contributed by atoms with Crippen molar-refractivity contribution < 1.29 is 13.9 Å². The summed E-state index contributed by atoms with van der Waals surface area (Å²) in [4.78, 5) is 16.7. The van der Waals surface area contributed by atoms with Crippen LogP contribution in [-0.2, 0) is 4.74 Å². The molecule has 0 spiro atoms. The molecule has 2 heterocycles. The van der Waals surface area contributed by atoms with E-state index in [1.807, 2.05) is 0 Å². The van der Waals surface area contributed by atoms with Crippen molar-refractivity contribution in [3.8, 4) is 0 Å². The summed E-state index contributed by atoms with van der Waals surface area (Å²) >= 11 is 0. The summed E-state index contributed by atoms with van der Waals surface area (Å²) in [7, 11) is 0. The van der Waals surface area contributed by atoms with Crippen LogP contribution in [-0.4, -0.2) is 60.6 Å². The van der Waals surface area contributed by atoms with Gasteiger partial charge in [-0.05, 0) is 44.7 Å². The number of carbonyl (C=O) groups excluding carboxylic acids is 1. The second-order valence-electron chi connectivity index (χ2n) is 7.19. The van der Waals surface area contributed by atoms with E-state index in [-0.39, 0.29) is 23.7 Å². The van der Waals surface area contributed by atoms with Crippen LogP contribution in [0, 0.1) is 11.7 Å². The molecular formula is C19H27FN2O2. The normalized spacial score (nSPS) is 26.5. The van der Waals surface area contributed by atoms with Crippen LogP contribution in [0.2, 0.25) is 0 Å². The average Bonchev–Trinajstić information content (AvgIpc) is 2.54. The van der Waals surface area contributed by atoms with Gasteiger partial charge in [-0.3, -0.25) is 9.69 Å². The fourth-order valence-electron chi connectivity index (χ4n) is 3.92. The molecule has 2 fully saturated rings. The molecule has 132 valence electrons. The Labute approximate surface area is 143 Å². The topological polar surface area (TPSA) is 32.8 Å². The molecule has 5 heteroatoms. The monoisotopic (exact) mass is 334 g/mol. The van der Waals surface area contributed by atoms with Gasteiger partial charge in [-0.2, -0.15) is 0 Å². The van der Waals surface area contributed by atoms with Crippen LogP contribution in [0.4, 0.5) is 4.39 Å². The Kier molecular flexibility index (Phi) is 5.51. The van der Waals surface area contributed by atoms with Gasteiger partial charge >= 0.3 is 0 Å². The Morgan fingerprint density at radius 3 is 2.42 bits per heavy atom. The van der Waals surface area contributed by atoms with Gasteiger partial charge in [0.1, 0.15) is 5.82 Å². The van der Waals surface area contributed by atoms with Crippen LogP contribution in [0.25, 0.3) is 0 Å². The first kappa shape index (κ1) is 17.4. The van der Waals surface area contributed by atoms with Gasteiger partial charge in [-0.1, -0.05) is 12.1 Å². The Hall–Kier alpha value is -1.46. The molecule has 1 aromatic carbocycles. The number of piperidine rings is 1. The maximum Gasteiger partial charge on any atom is 0.256 e. The van der Waals surface area contributed by atoms with Crippen LogP contribution in [0.1, 0.15) is 37.0 Å². The Morgan fingerprint density at radius 1 is 1.17 bits per heavy atom. The van der Waals surface area contributed by atoms with Crippen LogP contribution < -0.4 is 0 Å². The summed E-state index contributed by atoms with van der Waals surface area (Å²) in [5.41, 5.74) is 0.187. The minimum atomic E-state index is -0.430. The van der Waals surface area contributed by atoms with Gasteiger partial charge < -0.3 is 9.64 Å². The number of halogens is 1. The maximum atomic E-state index is 13.8. The van der Waals surface area contributed by atoms with Gasteiger partial charge in [0.05, 0.1) is 17.8 Å². The zero-order valence-electron chi connectivity index (χ0n) is 14.6. The first-order valence-electron chi connectivity index (χ1n) is 8.94. The third kappa shape index (κ3) is 4.14. The third-order valence-electron chi connectivity index (χ3n) is 5.02. The molecule has 2 aliphatic heterocycles. The SMILES string of the molecule is CC1CN(CC2CCN(C(=O)c3ccccc3F)CC2)CC(C)O1. The van der Waals surface area contributed by atoms with E-state index in [9.17, 15) is 9.18 Å². The predicted molar refractivity (Wildman–Crippen MR) is 91.5 cm³/mol. The molecule has 2 atom stereocenters. The summed E-state index contributed by atoms with van der Waals surface area (Å²) in [5, 5.41) is 0. The number of nitrogens with zero attached hydrogens (tertiary/aromatic N) is 2. The molecule has 1 aromatic rings. The molecule has 2 saturated heterocycles. The highest BCUT2D eigenvalue weighted by atomic mass is 19.1. The summed E-state index contributed by atoms with van der Waals surface area (Å²) in [6, 6.07) is 6.24. The standard InChI is InChI=1S/C19H27FN2O2/c1-14-11-21(12-15(2)24-14)13-16-7-9-22(10-8-16)19(23)17-5-3-4-6-18(17)20/h3-6,14-16H,7-13H2,1-2H3. The number of hydrogen-bond acceptors (Lipinski definition) is 3. The van der Waals surface area contributed by atoms with E-state index >= 15 is 0 Å². The smallest absolute Gasteiger partial charge is 0.256 e. The number of benzene rings is 1. The molecule has 24 heavy (non-hydrogen) atoms. The zero-order valence-corrected chi connectivity index (χ0v) is 14.6. The number of hydrogen-bond donors (Lipinski definition) is 0. The number of carbonyl (C=O) groups is 1. The molecule has 0 N–H and O–H groups in total. The minimum absolute atomic E-state index is 0.180. The third-order valence-corrected chi connectivity index (χ3v) is 5.02. The van der Waals surface area contributed by atoms with Crippen LogP contribution in [0.15, 0.2) is 24.3 Å². The molecule has 0 aliphatic carbocycles. The molecule has 0 radical (unpaired) electrons. The fraction of sp³-hybridized carbons (Fsp3) is 0.632. The molecule has 2 aliphatic rings. The minimum Gasteiger partial charge on any atom is -0.373 e. The number of amides is 1. The van der Waals surface area contributed by atoms with Crippen molar-refractivity contribution in [3.63, 3.8) is 0 Å². The highest BCUT2D eigenvalue weighted by Gasteiger charge is 2.28. The lowest BCUT2D eigenvalue weighted by Gasteiger charge is -2.39. The molecule has 0 saturated carbocycles. The van der Waals surface area contributed by atoms with Gasteiger partial charge in [0, 0.05) is 32.7 Å². The van der Waals surface area contributed by atoms with Gasteiger partial charge in [0.15, 0.2) is 0 Å². The number of morpholine rings is 1. The van der Waals surface area contributed by atoms with Gasteiger partial charge in [0.25, 0.3) is 5.91 Å². The quantitative estimate of drug-likeness (QED) is 0.852. The molecule has 0 bridgehead atoms. The lowest BCUT2D eigenvalue weighted by molar-refractivity contribution is -0.0728. The summed E-state index contributed by atoms with van der Waals surface area (Å²) in [6.07, 6.45) is 2.55. The number of ether oxygens (including phenoxy) is 1.